The summed E-state index contributed by atoms with van der Waals surface area (Å²) in [7, 11) is -3.93. The fraction of sp³-hybridized carbons (Fsp3) is 0.323. The van der Waals surface area contributed by atoms with Crippen LogP contribution in [0.25, 0.3) is 10.8 Å². The van der Waals surface area contributed by atoms with Crippen molar-refractivity contribution in [1.82, 2.24) is 4.72 Å². The molecule has 5 rings (SSSR count). The highest BCUT2D eigenvalue weighted by molar-refractivity contribution is 7.89. The van der Waals surface area contributed by atoms with Gasteiger partial charge in [-0.1, -0.05) is 55.8 Å². The van der Waals surface area contributed by atoms with E-state index in [0.29, 0.717) is 46.8 Å². The van der Waals surface area contributed by atoms with Crippen molar-refractivity contribution >= 4 is 44.1 Å². The van der Waals surface area contributed by atoms with E-state index in [-0.39, 0.29) is 22.6 Å². The number of carbonyl (C=O) groups excluding carboxylic acids is 3. The number of rotatable bonds is 7. The van der Waals surface area contributed by atoms with Crippen molar-refractivity contribution < 1.29 is 22.8 Å². The summed E-state index contributed by atoms with van der Waals surface area (Å²) in [6, 6.07) is 16.3. The lowest BCUT2D eigenvalue weighted by atomic mass is 9.95. The predicted octanol–water partition coefficient (Wildman–Crippen LogP) is 5.79. The summed E-state index contributed by atoms with van der Waals surface area (Å²) >= 11 is 0. The van der Waals surface area contributed by atoms with Gasteiger partial charge in [0.05, 0.1) is 21.7 Å². The molecule has 1 heterocycles. The molecule has 1 aliphatic carbocycles. The van der Waals surface area contributed by atoms with E-state index in [4.69, 9.17) is 0 Å². The molecule has 8 heteroatoms. The van der Waals surface area contributed by atoms with Gasteiger partial charge < -0.3 is 0 Å². The average molecular weight is 545 g/mol. The molecule has 1 N–H and O–H groups in total. The second-order valence-electron chi connectivity index (χ2n) is 10.4. The lowest BCUT2D eigenvalue weighted by Gasteiger charge is -2.24. The number of hydrogen-bond donors (Lipinski definition) is 1. The number of sulfonamides is 1. The van der Waals surface area contributed by atoms with E-state index >= 15 is 0 Å². The van der Waals surface area contributed by atoms with Gasteiger partial charge in [0.2, 0.25) is 10.0 Å². The first kappa shape index (κ1) is 27.0. The monoisotopic (exact) mass is 544 g/mol. The van der Waals surface area contributed by atoms with E-state index in [2.05, 4.69) is 4.72 Å². The van der Waals surface area contributed by atoms with Crippen molar-refractivity contribution in [3.63, 3.8) is 0 Å². The molecule has 202 valence electrons. The molecule has 0 aromatic heterocycles. The molecule has 7 nitrogen and oxygen atoms in total. The molecule has 39 heavy (non-hydrogen) atoms. The minimum absolute atomic E-state index is 0.0202. The SMILES string of the molecule is CCCC(=O)/C=C1/CCC[C@H](NS(=O)(=O)c2ccc(N3C(=O)c4ccccc4C3=O)c3ccccc23)[C@H](C)C1. The van der Waals surface area contributed by atoms with E-state index < -0.39 is 21.8 Å². The van der Waals surface area contributed by atoms with Gasteiger partial charge in [0.1, 0.15) is 0 Å². The first-order valence-corrected chi connectivity index (χ1v) is 14.9. The Morgan fingerprint density at radius 3 is 2.28 bits per heavy atom. The zero-order valence-electron chi connectivity index (χ0n) is 22.1. The molecule has 1 saturated carbocycles. The number of benzene rings is 3. The van der Waals surface area contributed by atoms with Crippen LogP contribution in [0.15, 0.2) is 77.2 Å². The number of allylic oxidation sites excluding steroid dienone is 2. The van der Waals surface area contributed by atoms with Crippen molar-refractivity contribution in [3.05, 3.63) is 83.4 Å². The second-order valence-corrected chi connectivity index (χ2v) is 12.1. The predicted molar refractivity (Wildman–Crippen MR) is 151 cm³/mol. The van der Waals surface area contributed by atoms with Gasteiger partial charge in [-0.05, 0) is 68.4 Å². The summed E-state index contributed by atoms with van der Waals surface area (Å²) in [6.07, 6.45) is 6.01. The minimum Gasteiger partial charge on any atom is -0.295 e. The summed E-state index contributed by atoms with van der Waals surface area (Å²) in [4.78, 5) is 39.7. The first-order chi connectivity index (χ1) is 18.7. The van der Waals surface area contributed by atoms with Crippen LogP contribution in [0.4, 0.5) is 5.69 Å². The molecule has 0 unspecified atom stereocenters. The van der Waals surface area contributed by atoms with E-state index in [1.165, 1.54) is 12.1 Å². The largest absolute Gasteiger partial charge is 0.295 e. The van der Waals surface area contributed by atoms with Gasteiger partial charge >= 0.3 is 0 Å². The molecule has 1 aliphatic heterocycles. The minimum atomic E-state index is -3.93. The average Bonchev–Trinajstić information content (AvgIpc) is 3.04. The first-order valence-electron chi connectivity index (χ1n) is 13.5. The quantitative estimate of drug-likeness (QED) is 0.230. The summed E-state index contributed by atoms with van der Waals surface area (Å²) < 4.78 is 30.4. The summed E-state index contributed by atoms with van der Waals surface area (Å²) in [5.74, 6) is -0.707. The molecular formula is C31H32N2O5S. The van der Waals surface area contributed by atoms with Crippen molar-refractivity contribution in [1.29, 1.82) is 0 Å². The Bertz CT molecular complexity index is 1570. The standard InChI is InChI=1S/C31H32N2O5S/c1-3-9-22(34)19-21-10-8-15-27(20(2)18-21)32-39(37,38)29-17-16-28(23-11-4-5-12-24(23)29)33-30(35)25-13-6-7-14-26(25)31(33)36/h4-7,11-14,16-17,19-20,27,32H,3,8-10,15,18H2,1-2H3/b21-19-/t20-,27+/m1/s1. The fourth-order valence-electron chi connectivity index (χ4n) is 5.70. The Kier molecular flexibility index (Phi) is 7.51. The Balaban J connectivity index is 1.45. The zero-order valence-corrected chi connectivity index (χ0v) is 23.0. The van der Waals surface area contributed by atoms with E-state index in [9.17, 15) is 22.8 Å². The van der Waals surface area contributed by atoms with Crippen LogP contribution < -0.4 is 9.62 Å². The van der Waals surface area contributed by atoms with Crippen LogP contribution >= 0.6 is 0 Å². The smallest absolute Gasteiger partial charge is 0.266 e. The number of hydrogen-bond acceptors (Lipinski definition) is 5. The number of nitrogens with one attached hydrogen (secondary N) is 1. The topological polar surface area (TPSA) is 101 Å². The molecule has 2 amide bonds. The van der Waals surface area contributed by atoms with Crippen molar-refractivity contribution in [2.24, 2.45) is 5.92 Å². The third-order valence-corrected chi connectivity index (χ3v) is 9.19. The van der Waals surface area contributed by atoms with E-state index in [1.807, 2.05) is 13.8 Å². The Morgan fingerprint density at radius 2 is 1.62 bits per heavy atom. The Labute approximate surface area is 228 Å². The molecule has 2 aliphatic rings. The van der Waals surface area contributed by atoms with Gasteiger partial charge in [0.25, 0.3) is 11.8 Å². The summed E-state index contributed by atoms with van der Waals surface area (Å²) in [5.41, 5.74) is 2.10. The molecule has 0 spiro atoms. The molecule has 3 aromatic carbocycles. The molecule has 3 aromatic rings. The van der Waals surface area contributed by atoms with E-state index in [0.717, 1.165) is 29.7 Å². The van der Waals surface area contributed by atoms with Crippen LogP contribution in [0.1, 0.15) is 73.1 Å². The molecule has 0 bridgehead atoms. The van der Waals surface area contributed by atoms with Crippen molar-refractivity contribution in [2.75, 3.05) is 4.90 Å². The number of nitrogens with zero attached hydrogens (tertiary/aromatic N) is 1. The van der Waals surface area contributed by atoms with Gasteiger partial charge in [-0.15, -0.1) is 0 Å². The number of ketones is 1. The van der Waals surface area contributed by atoms with Crippen LogP contribution in [0.2, 0.25) is 0 Å². The normalized spacial score (nSPS) is 20.9. The van der Waals surface area contributed by atoms with Gasteiger partial charge in [-0.3, -0.25) is 14.4 Å². The van der Waals surface area contributed by atoms with Crippen LogP contribution in [0.3, 0.4) is 0 Å². The van der Waals surface area contributed by atoms with Gasteiger partial charge in [-0.2, -0.15) is 0 Å². The number of fused-ring (bicyclic) bond motifs is 2. The fourth-order valence-corrected chi connectivity index (χ4v) is 7.29. The lowest BCUT2D eigenvalue weighted by Crippen LogP contribution is -2.39. The van der Waals surface area contributed by atoms with Crippen molar-refractivity contribution in [2.45, 2.75) is 63.3 Å². The van der Waals surface area contributed by atoms with Crippen LogP contribution in [0, 0.1) is 5.92 Å². The zero-order chi connectivity index (χ0) is 27.7. The van der Waals surface area contributed by atoms with Gasteiger partial charge in [-0.25, -0.2) is 18.0 Å². The Hall–Kier alpha value is -3.62. The van der Waals surface area contributed by atoms with Gasteiger partial charge in [0.15, 0.2) is 5.78 Å². The summed E-state index contributed by atoms with van der Waals surface area (Å²) in [6.45, 7) is 3.99. The molecule has 1 fully saturated rings. The molecule has 0 radical (unpaired) electrons. The molecular weight excluding hydrogens is 512 g/mol. The highest BCUT2D eigenvalue weighted by Crippen LogP contribution is 2.37. The van der Waals surface area contributed by atoms with Crippen molar-refractivity contribution in [3.8, 4) is 0 Å². The number of amides is 2. The molecule has 0 saturated heterocycles. The van der Waals surface area contributed by atoms with Gasteiger partial charge in [0, 0.05) is 23.2 Å². The third-order valence-electron chi connectivity index (χ3n) is 7.64. The number of anilines is 1. The van der Waals surface area contributed by atoms with Crippen LogP contribution in [0.5, 0.6) is 0 Å². The third kappa shape index (κ3) is 5.18. The van der Waals surface area contributed by atoms with Crippen LogP contribution in [-0.2, 0) is 14.8 Å². The Morgan fingerprint density at radius 1 is 0.974 bits per heavy atom. The maximum Gasteiger partial charge on any atom is 0.266 e. The number of imide groups is 1. The second kappa shape index (κ2) is 10.9. The summed E-state index contributed by atoms with van der Waals surface area (Å²) in [5, 5.41) is 0.939. The molecule has 2 atom stereocenters. The number of carbonyl (C=O) groups is 3. The van der Waals surface area contributed by atoms with E-state index in [1.54, 1.807) is 54.6 Å². The maximum absolute atomic E-state index is 13.7. The maximum atomic E-state index is 13.7. The highest BCUT2D eigenvalue weighted by atomic mass is 32.2. The highest BCUT2D eigenvalue weighted by Gasteiger charge is 2.37. The lowest BCUT2D eigenvalue weighted by molar-refractivity contribution is -0.114. The van der Waals surface area contributed by atoms with Crippen LogP contribution in [-0.4, -0.2) is 32.1 Å².